The van der Waals surface area contributed by atoms with Crippen LogP contribution in [0.1, 0.15) is 32.9 Å². The number of phosphoric ester groups is 2. The number of nitrogens with zero attached hydrogens (tertiary/aromatic N) is 3. The number of nitrogen functional groups attached to an aromatic ring is 1. The normalized spacial score (nSPS) is 27.7. The van der Waals surface area contributed by atoms with Crippen LogP contribution in [0, 0.1) is 0 Å². The second-order valence-electron chi connectivity index (χ2n) is 8.83. The van der Waals surface area contributed by atoms with Crippen LogP contribution in [0.15, 0.2) is 11.1 Å². The van der Waals surface area contributed by atoms with E-state index in [1.165, 1.54) is 10.9 Å². The number of ether oxygens (including phenoxy) is 3. The predicted molar refractivity (Wildman–Crippen MR) is 128 cm³/mol. The molecule has 2 fully saturated rings. The summed E-state index contributed by atoms with van der Waals surface area (Å²) in [6.45, 7) is 2.26. The highest BCUT2D eigenvalue weighted by atomic mass is 35.5. The molecule has 20 heteroatoms. The van der Waals surface area contributed by atoms with Crippen molar-refractivity contribution in [3.05, 3.63) is 16.7 Å². The van der Waals surface area contributed by atoms with Crippen LogP contribution in [0.4, 0.5) is 5.95 Å². The van der Waals surface area contributed by atoms with Gasteiger partial charge in [-0.1, -0.05) is 0 Å². The number of fused-ring (bicyclic) bond motifs is 2. The molecule has 2 aromatic heterocycles. The molecular weight excluding hydrogens is 576 g/mol. The number of H-pyrrole nitrogens is 1. The minimum atomic E-state index is -5.14. The van der Waals surface area contributed by atoms with Gasteiger partial charge in [-0.05, 0) is 20.3 Å². The molecule has 2 aromatic rings. The first-order valence-electron chi connectivity index (χ1n) is 11.2. The van der Waals surface area contributed by atoms with Crippen LogP contribution < -0.4 is 11.3 Å². The Morgan fingerprint density at radius 1 is 1.26 bits per heavy atom. The van der Waals surface area contributed by atoms with Crippen LogP contribution in [0.25, 0.3) is 11.2 Å². The third kappa shape index (κ3) is 6.69. The number of anilines is 1. The van der Waals surface area contributed by atoms with Crippen LogP contribution >= 0.6 is 27.2 Å². The molecular formula is C18H26ClN5O12P2. The van der Waals surface area contributed by atoms with E-state index in [0.717, 1.165) is 0 Å². The molecule has 0 amide bonds. The van der Waals surface area contributed by atoms with Gasteiger partial charge in [0.15, 0.2) is 23.2 Å². The van der Waals surface area contributed by atoms with Crippen molar-refractivity contribution in [3.63, 3.8) is 0 Å². The molecule has 5 N–H and O–H groups in total. The van der Waals surface area contributed by atoms with Crippen molar-refractivity contribution >= 4 is 50.1 Å². The number of nitrogens with one attached hydrogen (secondary N) is 1. The number of nitrogens with two attached hydrogens (primary N) is 1. The fraction of sp³-hybridized carbons (Fsp3) is 0.667. The fourth-order valence-corrected chi connectivity index (χ4v) is 6.26. The third-order valence-electron chi connectivity index (χ3n) is 5.46. The van der Waals surface area contributed by atoms with E-state index in [-0.39, 0.29) is 41.6 Å². The molecule has 0 aromatic carbocycles. The van der Waals surface area contributed by atoms with Gasteiger partial charge in [0, 0.05) is 6.42 Å². The molecule has 4 rings (SSSR count). The standard InChI is InChI=1S/C18H26ClN5O12P2/c1-18(2)34-12-10(7-32-38(29,30)36-37(27,28)31-5-3-4-9(25)6-19)33-16(13(12)35-18)24-8-21-11-14(24)22-17(20)23-15(11)26/h8,10,12-13,16H,3-7H2,1-2H3,(H,27,28)(H,29,30)(H3,20,22,23,26)/t10-,12-,13-,16-/m1/s1. The Morgan fingerprint density at radius 3 is 2.66 bits per heavy atom. The van der Waals surface area contributed by atoms with Crippen LogP contribution in [-0.4, -0.2) is 78.3 Å². The van der Waals surface area contributed by atoms with Crippen molar-refractivity contribution in [1.82, 2.24) is 19.5 Å². The van der Waals surface area contributed by atoms with Gasteiger partial charge in [-0.15, -0.1) is 11.6 Å². The molecule has 2 aliphatic rings. The molecule has 0 aliphatic carbocycles. The lowest BCUT2D eigenvalue weighted by atomic mass is 10.1. The van der Waals surface area contributed by atoms with Crippen molar-refractivity contribution in [3.8, 4) is 0 Å². The topological polar surface area (TPSA) is 237 Å². The van der Waals surface area contributed by atoms with Crippen molar-refractivity contribution < 1.29 is 51.3 Å². The van der Waals surface area contributed by atoms with Crippen LogP contribution in [0.3, 0.4) is 0 Å². The maximum atomic E-state index is 12.4. The molecule has 212 valence electrons. The Balaban J connectivity index is 1.44. The van der Waals surface area contributed by atoms with Crippen LogP contribution in [-0.2, 0) is 41.5 Å². The highest BCUT2D eigenvalue weighted by Crippen LogP contribution is 2.60. The molecule has 2 aliphatic heterocycles. The van der Waals surface area contributed by atoms with Gasteiger partial charge < -0.3 is 29.7 Å². The summed E-state index contributed by atoms with van der Waals surface area (Å²) in [5, 5.41) is 0. The number of phosphoric acid groups is 2. The monoisotopic (exact) mass is 601 g/mol. The minimum absolute atomic E-state index is 0.00351. The number of alkyl halides is 1. The molecule has 2 unspecified atom stereocenters. The highest BCUT2D eigenvalue weighted by molar-refractivity contribution is 7.61. The van der Waals surface area contributed by atoms with E-state index < -0.39 is 64.7 Å². The molecule has 4 heterocycles. The molecule has 38 heavy (non-hydrogen) atoms. The van der Waals surface area contributed by atoms with Gasteiger partial charge in [0.05, 0.1) is 25.4 Å². The summed E-state index contributed by atoms with van der Waals surface area (Å²) in [6.07, 6.45) is -2.29. The summed E-state index contributed by atoms with van der Waals surface area (Å²) in [7, 11) is -10.2. The number of carbonyl (C=O) groups is 1. The molecule has 17 nitrogen and oxygen atoms in total. The Kier molecular flexibility index (Phi) is 8.48. The van der Waals surface area contributed by atoms with Gasteiger partial charge in [0.1, 0.15) is 24.1 Å². The zero-order valence-corrected chi connectivity index (χ0v) is 22.6. The number of Topliss-reactive ketones (excluding diaryl/α,β-unsaturated/α-hetero) is 1. The van der Waals surface area contributed by atoms with Crippen molar-refractivity contribution in [2.24, 2.45) is 0 Å². The molecule has 2 saturated heterocycles. The van der Waals surface area contributed by atoms with Crippen LogP contribution in [0.5, 0.6) is 0 Å². The van der Waals surface area contributed by atoms with Gasteiger partial charge in [-0.25, -0.2) is 14.1 Å². The summed E-state index contributed by atoms with van der Waals surface area (Å²) >= 11 is 5.36. The average molecular weight is 602 g/mol. The van der Waals surface area contributed by atoms with Crippen molar-refractivity contribution in [1.29, 1.82) is 0 Å². The zero-order chi connectivity index (χ0) is 27.9. The van der Waals surface area contributed by atoms with Crippen molar-refractivity contribution in [2.75, 3.05) is 24.8 Å². The second-order valence-corrected chi connectivity index (χ2v) is 12.1. The number of rotatable bonds is 12. The van der Waals surface area contributed by atoms with E-state index in [9.17, 15) is 28.5 Å². The van der Waals surface area contributed by atoms with Gasteiger partial charge in [0.25, 0.3) is 5.56 Å². The number of hydrogen-bond acceptors (Lipinski definition) is 13. The van der Waals surface area contributed by atoms with E-state index in [0.29, 0.717) is 0 Å². The Hall–Kier alpha value is -1.75. The maximum absolute atomic E-state index is 12.4. The lowest BCUT2D eigenvalue weighted by Crippen LogP contribution is -2.32. The summed E-state index contributed by atoms with van der Waals surface area (Å²) in [5.74, 6) is -1.74. The first kappa shape index (κ1) is 29.2. The highest BCUT2D eigenvalue weighted by Gasteiger charge is 2.56. The number of halogens is 1. The summed E-state index contributed by atoms with van der Waals surface area (Å²) in [6, 6.07) is 0. The lowest BCUT2D eigenvalue weighted by molar-refractivity contribution is -0.199. The van der Waals surface area contributed by atoms with Crippen molar-refractivity contribution in [2.45, 2.75) is 57.0 Å². The molecule has 0 saturated carbocycles. The molecule has 6 atom stereocenters. The first-order chi connectivity index (χ1) is 17.7. The van der Waals surface area contributed by atoms with E-state index in [2.05, 4.69) is 23.8 Å². The van der Waals surface area contributed by atoms with E-state index in [1.807, 2.05) is 0 Å². The maximum Gasteiger partial charge on any atom is 0.481 e. The SMILES string of the molecule is CC1(C)O[C@@H]2[C@H](O1)[C@@H](COP(=O)(O)OP(=O)(O)OCCCC(=O)CCl)O[C@H]2n1cnc2c(=O)[nH]c(N)nc21. The fourth-order valence-electron chi connectivity index (χ4n) is 4.01. The van der Waals surface area contributed by atoms with Gasteiger partial charge in [-0.3, -0.25) is 28.2 Å². The largest absolute Gasteiger partial charge is 0.481 e. The predicted octanol–water partition coefficient (Wildman–Crippen LogP) is 0.958. The summed E-state index contributed by atoms with van der Waals surface area (Å²) in [4.78, 5) is 53.6. The lowest BCUT2D eigenvalue weighted by Gasteiger charge is -2.25. The van der Waals surface area contributed by atoms with Crippen LogP contribution in [0.2, 0.25) is 0 Å². The number of ketones is 1. The smallest absolute Gasteiger partial charge is 0.369 e. The summed E-state index contributed by atoms with van der Waals surface area (Å²) in [5.41, 5.74) is 5.20. The van der Waals surface area contributed by atoms with Gasteiger partial charge >= 0.3 is 15.6 Å². The number of carbonyl (C=O) groups excluding carboxylic acids is 1. The average Bonchev–Trinajstić information content (AvgIpc) is 3.45. The van der Waals surface area contributed by atoms with Gasteiger partial charge in [0.2, 0.25) is 5.95 Å². The summed E-state index contributed by atoms with van der Waals surface area (Å²) < 4.78 is 57.4. The Bertz CT molecular complexity index is 1350. The Morgan fingerprint density at radius 2 is 1.95 bits per heavy atom. The number of aromatic nitrogens is 4. The zero-order valence-electron chi connectivity index (χ0n) is 20.1. The molecule has 0 radical (unpaired) electrons. The minimum Gasteiger partial charge on any atom is -0.369 e. The quantitative estimate of drug-likeness (QED) is 0.150. The third-order valence-corrected chi connectivity index (χ3v) is 8.40. The number of aromatic amines is 1. The number of hydrogen-bond donors (Lipinski definition) is 4. The van der Waals surface area contributed by atoms with E-state index in [1.54, 1.807) is 13.8 Å². The molecule has 0 bridgehead atoms. The molecule has 0 spiro atoms. The number of imidazole rings is 1. The Labute approximate surface area is 219 Å². The first-order valence-corrected chi connectivity index (χ1v) is 14.7. The van der Waals surface area contributed by atoms with E-state index in [4.69, 9.17) is 36.1 Å². The van der Waals surface area contributed by atoms with Gasteiger partial charge in [-0.2, -0.15) is 9.29 Å². The second kappa shape index (κ2) is 11.0. The van der Waals surface area contributed by atoms with E-state index >= 15 is 0 Å².